The molecule has 2 heterocycles. The molecule has 0 saturated heterocycles. The number of rotatable bonds is 2. The molecule has 0 atom stereocenters. The van der Waals surface area contributed by atoms with Crippen LogP contribution in [0.25, 0.3) is 21.9 Å². The molecule has 3 rings (SSSR count). The number of pyridine rings is 1. The fourth-order valence-electron chi connectivity index (χ4n) is 2.20. The second-order valence-corrected chi connectivity index (χ2v) is 4.17. The number of nitrogens with one attached hydrogen (secondary N) is 1. The molecule has 0 aliphatic rings. The van der Waals surface area contributed by atoms with E-state index in [-0.39, 0.29) is 5.56 Å². The quantitative estimate of drug-likeness (QED) is 0.543. The number of aromatic amines is 1. The lowest BCUT2D eigenvalue weighted by Gasteiger charge is -2.08. The van der Waals surface area contributed by atoms with Crippen molar-refractivity contribution in [3.63, 3.8) is 0 Å². The second-order valence-electron chi connectivity index (χ2n) is 4.17. The molecule has 0 spiro atoms. The first-order valence-corrected chi connectivity index (χ1v) is 5.85. The Morgan fingerprint density at radius 1 is 1.42 bits per heavy atom. The Labute approximate surface area is 108 Å². The zero-order chi connectivity index (χ0) is 13.4. The van der Waals surface area contributed by atoms with Gasteiger partial charge in [-0.1, -0.05) is 6.92 Å². The molecule has 0 bridgehead atoms. The van der Waals surface area contributed by atoms with Gasteiger partial charge in [-0.25, -0.2) is 14.8 Å². The Hall–Kier alpha value is -2.47. The molecule has 0 fully saturated rings. The van der Waals surface area contributed by atoms with Gasteiger partial charge in [0.2, 0.25) is 0 Å². The highest BCUT2D eigenvalue weighted by Crippen LogP contribution is 2.26. The van der Waals surface area contributed by atoms with Gasteiger partial charge in [0.1, 0.15) is 11.8 Å². The first kappa shape index (κ1) is 11.6. The fourth-order valence-corrected chi connectivity index (χ4v) is 2.20. The summed E-state index contributed by atoms with van der Waals surface area (Å²) in [6, 6.07) is 5.32. The van der Waals surface area contributed by atoms with Crippen LogP contribution in [0.3, 0.4) is 0 Å². The van der Waals surface area contributed by atoms with Crippen molar-refractivity contribution >= 4 is 27.9 Å². The standard InChI is InChI=1S/C13H11N3O3/c1-2-7-5-8(13(17)19-18)11-9(16-7)3-4-10-12(11)15-6-14-10/h3-6,16,18H,2H2,1H3. The Morgan fingerprint density at radius 2 is 2.26 bits per heavy atom. The number of aryl methyl sites for hydroxylation is 1. The molecule has 3 aromatic rings. The normalized spacial score (nSPS) is 11.1. The van der Waals surface area contributed by atoms with Crippen LogP contribution in [0.15, 0.2) is 24.5 Å². The number of benzene rings is 1. The van der Waals surface area contributed by atoms with E-state index in [0.717, 1.165) is 17.6 Å². The topological polar surface area (TPSA) is 88.1 Å². The van der Waals surface area contributed by atoms with Crippen LogP contribution in [0.5, 0.6) is 0 Å². The van der Waals surface area contributed by atoms with Crippen LogP contribution in [0, 0.1) is 0 Å². The maximum atomic E-state index is 11.7. The minimum atomic E-state index is -0.802. The maximum Gasteiger partial charge on any atom is 0.373 e. The van der Waals surface area contributed by atoms with Crippen LogP contribution < -0.4 is 0 Å². The van der Waals surface area contributed by atoms with Gasteiger partial charge in [-0.2, -0.15) is 5.26 Å². The van der Waals surface area contributed by atoms with E-state index in [4.69, 9.17) is 5.26 Å². The molecule has 1 aromatic carbocycles. The highest BCUT2D eigenvalue weighted by atomic mass is 17.1. The van der Waals surface area contributed by atoms with Crippen LogP contribution in [-0.2, 0) is 11.3 Å². The van der Waals surface area contributed by atoms with E-state index in [1.807, 2.05) is 19.1 Å². The number of aromatic nitrogens is 3. The molecular formula is C13H11N3O3. The number of hydrogen-bond acceptors (Lipinski definition) is 5. The van der Waals surface area contributed by atoms with Gasteiger partial charge in [-0.05, 0) is 24.6 Å². The molecule has 0 amide bonds. The summed E-state index contributed by atoms with van der Waals surface area (Å²) in [7, 11) is 0. The van der Waals surface area contributed by atoms with Crippen molar-refractivity contribution in [3.8, 4) is 0 Å². The van der Waals surface area contributed by atoms with Gasteiger partial charge in [-0.15, -0.1) is 0 Å². The fraction of sp³-hybridized carbons (Fsp3) is 0.154. The third kappa shape index (κ3) is 1.73. The van der Waals surface area contributed by atoms with Gasteiger partial charge in [0.05, 0.1) is 11.1 Å². The summed E-state index contributed by atoms with van der Waals surface area (Å²) in [6.07, 6.45) is 2.16. The molecule has 2 N–H and O–H groups in total. The second kappa shape index (κ2) is 4.33. The van der Waals surface area contributed by atoms with E-state index >= 15 is 0 Å². The molecule has 19 heavy (non-hydrogen) atoms. The number of carbonyl (C=O) groups is 1. The smallest absolute Gasteiger partial charge is 0.358 e. The van der Waals surface area contributed by atoms with Crippen molar-refractivity contribution in [2.24, 2.45) is 0 Å². The Kier molecular flexibility index (Phi) is 2.64. The van der Waals surface area contributed by atoms with E-state index < -0.39 is 5.97 Å². The van der Waals surface area contributed by atoms with Gasteiger partial charge in [0.25, 0.3) is 0 Å². The average molecular weight is 257 g/mol. The van der Waals surface area contributed by atoms with Crippen LogP contribution >= 0.6 is 0 Å². The summed E-state index contributed by atoms with van der Waals surface area (Å²) in [4.78, 5) is 27.1. The molecule has 0 unspecified atom stereocenters. The number of H-pyrrole nitrogens is 1. The third-order valence-corrected chi connectivity index (χ3v) is 3.11. The van der Waals surface area contributed by atoms with Gasteiger partial charge in [0, 0.05) is 16.6 Å². The maximum absolute atomic E-state index is 11.7. The molecular weight excluding hydrogens is 246 g/mol. The summed E-state index contributed by atoms with van der Waals surface area (Å²) in [5.41, 5.74) is 3.20. The largest absolute Gasteiger partial charge is 0.373 e. The highest BCUT2D eigenvalue weighted by molar-refractivity contribution is 6.13. The van der Waals surface area contributed by atoms with Crippen molar-refractivity contribution in [1.29, 1.82) is 0 Å². The molecule has 0 aliphatic heterocycles. The van der Waals surface area contributed by atoms with E-state index in [1.165, 1.54) is 6.33 Å². The van der Waals surface area contributed by atoms with Crippen molar-refractivity contribution in [1.82, 2.24) is 15.0 Å². The van der Waals surface area contributed by atoms with Crippen molar-refractivity contribution in [3.05, 3.63) is 35.8 Å². The minimum absolute atomic E-state index is 0.277. The number of imidazole rings is 1. The molecule has 6 heteroatoms. The van der Waals surface area contributed by atoms with E-state index in [2.05, 4.69) is 19.8 Å². The SMILES string of the molecule is CCc1cc(C(=O)OO)c2c(ccc3ncnc32)[nH]1. The molecule has 2 aromatic heterocycles. The first-order valence-electron chi connectivity index (χ1n) is 5.85. The minimum Gasteiger partial charge on any atom is -0.358 e. The Morgan fingerprint density at radius 3 is 3.00 bits per heavy atom. The Balaban J connectivity index is 2.47. The van der Waals surface area contributed by atoms with Gasteiger partial charge < -0.3 is 4.98 Å². The number of hydrogen-bond donors (Lipinski definition) is 2. The van der Waals surface area contributed by atoms with Crippen molar-refractivity contribution < 1.29 is 14.9 Å². The molecule has 0 radical (unpaired) electrons. The molecule has 0 aliphatic carbocycles. The summed E-state index contributed by atoms with van der Waals surface area (Å²) in [6.45, 7) is 1.96. The summed E-state index contributed by atoms with van der Waals surface area (Å²) >= 11 is 0. The van der Waals surface area contributed by atoms with E-state index in [9.17, 15) is 4.79 Å². The van der Waals surface area contributed by atoms with Crippen molar-refractivity contribution in [2.75, 3.05) is 0 Å². The van der Waals surface area contributed by atoms with Crippen LogP contribution in [-0.4, -0.2) is 26.2 Å². The molecule has 0 saturated carbocycles. The number of carbonyl (C=O) groups excluding carboxylic acids is 1. The summed E-state index contributed by atoms with van der Waals surface area (Å²) < 4.78 is 0. The van der Waals surface area contributed by atoms with Gasteiger partial charge in [0.15, 0.2) is 0 Å². The summed E-state index contributed by atoms with van der Waals surface area (Å²) in [5, 5.41) is 9.24. The highest BCUT2D eigenvalue weighted by Gasteiger charge is 2.17. The lowest BCUT2D eigenvalue weighted by atomic mass is 10.1. The molecule has 6 nitrogen and oxygen atoms in total. The predicted octanol–water partition coefficient (Wildman–Crippen LogP) is 2.30. The third-order valence-electron chi connectivity index (χ3n) is 3.11. The monoisotopic (exact) mass is 257 g/mol. The Bertz CT molecular complexity index is 779. The zero-order valence-corrected chi connectivity index (χ0v) is 10.2. The zero-order valence-electron chi connectivity index (χ0n) is 10.2. The van der Waals surface area contributed by atoms with Crippen LogP contribution in [0.2, 0.25) is 0 Å². The van der Waals surface area contributed by atoms with Crippen LogP contribution in [0.4, 0.5) is 0 Å². The van der Waals surface area contributed by atoms with Crippen LogP contribution in [0.1, 0.15) is 23.0 Å². The van der Waals surface area contributed by atoms with Crippen molar-refractivity contribution in [2.45, 2.75) is 13.3 Å². The number of fused-ring (bicyclic) bond motifs is 3. The lowest BCUT2D eigenvalue weighted by Crippen LogP contribution is -2.05. The van der Waals surface area contributed by atoms with Gasteiger partial charge >= 0.3 is 5.97 Å². The average Bonchev–Trinajstić information content (AvgIpc) is 2.93. The lowest BCUT2D eigenvalue weighted by molar-refractivity contribution is -0.182. The van der Waals surface area contributed by atoms with Gasteiger partial charge in [-0.3, -0.25) is 4.89 Å². The number of nitrogens with zero attached hydrogens (tertiary/aromatic N) is 2. The molecule has 96 valence electrons. The predicted molar refractivity (Wildman–Crippen MR) is 68.8 cm³/mol. The first-order chi connectivity index (χ1) is 9.24. The summed E-state index contributed by atoms with van der Waals surface area (Å²) in [5.74, 6) is -0.802. The van der Waals surface area contributed by atoms with E-state index in [0.29, 0.717) is 16.4 Å². The van der Waals surface area contributed by atoms with E-state index in [1.54, 1.807) is 6.07 Å².